The van der Waals surface area contributed by atoms with Crippen molar-refractivity contribution in [1.29, 1.82) is 0 Å². The van der Waals surface area contributed by atoms with Gasteiger partial charge in [0.15, 0.2) is 0 Å². The summed E-state index contributed by atoms with van der Waals surface area (Å²) in [6.07, 6.45) is 20.5. The third-order valence-corrected chi connectivity index (χ3v) is 9.78. The molecule has 0 aliphatic rings. The highest BCUT2D eigenvalue weighted by Gasteiger charge is 2.40. The molecule has 37 heavy (non-hydrogen) atoms. The van der Waals surface area contributed by atoms with Gasteiger partial charge in [-0.3, -0.25) is 18.1 Å². The van der Waals surface area contributed by atoms with E-state index >= 15 is 0 Å². The maximum atomic E-state index is 13.6. The highest BCUT2D eigenvalue weighted by atomic mass is 31.3. The predicted molar refractivity (Wildman–Crippen MR) is 155 cm³/mol. The third kappa shape index (κ3) is 23.8. The molecule has 0 saturated carbocycles. The Labute approximate surface area is 229 Å². The van der Waals surface area contributed by atoms with Crippen LogP contribution < -0.4 is 0 Å². The van der Waals surface area contributed by atoms with Crippen LogP contribution in [0.2, 0.25) is 0 Å². The molecule has 0 aromatic carbocycles. The van der Waals surface area contributed by atoms with E-state index < -0.39 is 15.6 Å². The first kappa shape index (κ1) is 37.3. The van der Waals surface area contributed by atoms with Gasteiger partial charge >= 0.3 is 15.6 Å². The van der Waals surface area contributed by atoms with Crippen LogP contribution in [0.5, 0.6) is 0 Å². The average Bonchev–Trinajstić information content (AvgIpc) is 2.88. The van der Waals surface area contributed by atoms with Gasteiger partial charge in [-0.25, -0.2) is 9.13 Å². The van der Waals surface area contributed by atoms with Crippen molar-refractivity contribution in [2.24, 2.45) is 0 Å². The van der Waals surface area contributed by atoms with Gasteiger partial charge < -0.3 is 0 Å². The first-order valence-electron chi connectivity index (χ1n) is 15.4. The number of hydrogen-bond donors (Lipinski definition) is 0. The molecule has 0 amide bonds. The largest absolute Gasteiger partial charge is 0.483 e. The van der Waals surface area contributed by atoms with Crippen LogP contribution >= 0.6 is 15.6 Å². The Balaban J connectivity index is 5.06. The SMILES string of the molecule is CCCCCCCOP(=O)(OCCCCCCC)OP(=O)(OCCCCCCC)OCCCCCCC. The fourth-order valence-corrected chi connectivity index (χ4v) is 7.11. The Bertz CT molecular complexity index is 487. The molecule has 0 radical (unpaired) electrons. The first-order chi connectivity index (χ1) is 17.9. The molecule has 0 unspecified atom stereocenters. The summed E-state index contributed by atoms with van der Waals surface area (Å²) in [5.74, 6) is 0. The fourth-order valence-electron chi connectivity index (χ4n) is 3.82. The average molecular weight is 571 g/mol. The molecule has 0 heterocycles. The molecular formula is C28H60O7P2. The zero-order chi connectivity index (χ0) is 27.5. The summed E-state index contributed by atoms with van der Waals surface area (Å²) >= 11 is 0. The van der Waals surface area contributed by atoms with Gasteiger partial charge in [-0.1, -0.05) is 130 Å². The van der Waals surface area contributed by atoms with Crippen molar-refractivity contribution in [2.75, 3.05) is 26.4 Å². The van der Waals surface area contributed by atoms with Crippen molar-refractivity contribution in [2.45, 2.75) is 156 Å². The standard InChI is InChI=1S/C28H60O7P2/c1-5-9-13-17-21-25-31-36(29,32-26-22-18-14-10-6-2)35-37(30,33-27-23-19-15-11-7-3)34-28-24-20-16-12-8-4/h5-28H2,1-4H3. The lowest BCUT2D eigenvalue weighted by molar-refractivity contribution is 0.105. The Kier molecular flexibility index (Phi) is 26.7. The second-order valence-corrected chi connectivity index (χ2v) is 13.4. The van der Waals surface area contributed by atoms with Crippen LogP contribution in [0.25, 0.3) is 0 Å². The summed E-state index contributed by atoms with van der Waals surface area (Å²) in [7, 11) is -8.20. The number of rotatable bonds is 30. The molecule has 0 aliphatic heterocycles. The van der Waals surface area contributed by atoms with Crippen LogP contribution in [-0.2, 0) is 31.5 Å². The fraction of sp³-hybridized carbons (Fsp3) is 1.00. The zero-order valence-electron chi connectivity index (χ0n) is 24.7. The van der Waals surface area contributed by atoms with Crippen molar-refractivity contribution < 1.29 is 31.5 Å². The first-order valence-corrected chi connectivity index (χ1v) is 18.4. The van der Waals surface area contributed by atoms with E-state index in [1.54, 1.807) is 0 Å². The van der Waals surface area contributed by atoms with Crippen LogP contribution in [0, 0.1) is 0 Å². The van der Waals surface area contributed by atoms with Crippen molar-refractivity contribution >= 4 is 15.6 Å². The van der Waals surface area contributed by atoms with Gasteiger partial charge in [0.1, 0.15) is 0 Å². The van der Waals surface area contributed by atoms with Gasteiger partial charge in [0.25, 0.3) is 0 Å². The normalized spacial score (nSPS) is 12.4. The molecule has 0 aliphatic carbocycles. The Hall–Kier alpha value is 0.260. The molecule has 0 spiro atoms. The number of hydrogen-bond acceptors (Lipinski definition) is 7. The molecule has 0 aromatic rings. The minimum absolute atomic E-state index is 0.227. The molecule has 0 aromatic heterocycles. The number of phosphoric ester groups is 2. The van der Waals surface area contributed by atoms with Gasteiger partial charge in [-0.05, 0) is 25.7 Å². The lowest BCUT2D eigenvalue weighted by Gasteiger charge is -2.23. The Morgan fingerprint density at radius 3 is 0.784 bits per heavy atom. The van der Waals surface area contributed by atoms with Crippen LogP contribution in [0.1, 0.15) is 156 Å². The van der Waals surface area contributed by atoms with E-state index in [0.717, 1.165) is 128 Å². The van der Waals surface area contributed by atoms with Crippen LogP contribution in [0.3, 0.4) is 0 Å². The second-order valence-electron chi connectivity index (χ2n) is 9.97. The van der Waals surface area contributed by atoms with E-state index in [1.165, 1.54) is 0 Å². The predicted octanol–water partition coefficient (Wildman–Crippen LogP) is 11.2. The lowest BCUT2D eigenvalue weighted by Crippen LogP contribution is -2.07. The van der Waals surface area contributed by atoms with Gasteiger partial charge in [-0.2, -0.15) is 4.31 Å². The van der Waals surface area contributed by atoms with Crippen molar-refractivity contribution in [1.82, 2.24) is 0 Å². The smallest absolute Gasteiger partial charge is 0.287 e. The van der Waals surface area contributed by atoms with E-state index in [1.807, 2.05) is 0 Å². The maximum Gasteiger partial charge on any atom is 0.483 e. The van der Waals surface area contributed by atoms with E-state index in [9.17, 15) is 9.13 Å². The van der Waals surface area contributed by atoms with E-state index in [2.05, 4.69) is 27.7 Å². The van der Waals surface area contributed by atoms with E-state index in [4.69, 9.17) is 22.4 Å². The molecular weight excluding hydrogens is 510 g/mol. The molecule has 7 nitrogen and oxygen atoms in total. The molecule has 0 rings (SSSR count). The summed E-state index contributed by atoms with van der Waals surface area (Å²) in [5.41, 5.74) is 0. The van der Waals surface area contributed by atoms with Crippen molar-refractivity contribution in [3.63, 3.8) is 0 Å². The molecule has 224 valence electrons. The van der Waals surface area contributed by atoms with Crippen LogP contribution in [0.15, 0.2) is 0 Å². The Morgan fingerprint density at radius 1 is 0.351 bits per heavy atom. The maximum absolute atomic E-state index is 13.6. The molecule has 0 atom stereocenters. The molecule has 0 bridgehead atoms. The summed E-state index contributed by atoms with van der Waals surface area (Å²) in [6, 6.07) is 0. The summed E-state index contributed by atoms with van der Waals surface area (Å²) in [5, 5.41) is 0. The van der Waals surface area contributed by atoms with Crippen molar-refractivity contribution in [3.05, 3.63) is 0 Å². The summed E-state index contributed by atoms with van der Waals surface area (Å²) in [6.45, 7) is 9.57. The molecule has 9 heteroatoms. The van der Waals surface area contributed by atoms with Crippen LogP contribution in [0.4, 0.5) is 0 Å². The topological polar surface area (TPSA) is 80.3 Å². The molecule has 0 saturated heterocycles. The van der Waals surface area contributed by atoms with E-state index in [-0.39, 0.29) is 26.4 Å². The number of phosphoric acid groups is 2. The van der Waals surface area contributed by atoms with Gasteiger partial charge in [0.2, 0.25) is 0 Å². The highest BCUT2D eigenvalue weighted by Crippen LogP contribution is 2.66. The summed E-state index contributed by atoms with van der Waals surface area (Å²) in [4.78, 5) is 0. The Morgan fingerprint density at radius 2 is 0.568 bits per heavy atom. The lowest BCUT2D eigenvalue weighted by atomic mass is 10.2. The van der Waals surface area contributed by atoms with Crippen LogP contribution in [-0.4, -0.2) is 26.4 Å². The minimum atomic E-state index is -4.10. The second kappa shape index (κ2) is 26.5. The molecule has 0 fully saturated rings. The number of unbranched alkanes of at least 4 members (excludes halogenated alkanes) is 16. The quantitative estimate of drug-likeness (QED) is 0.0627. The third-order valence-electron chi connectivity index (χ3n) is 6.19. The monoisotopic (exact) mass is 570 g/mol. The van der Waals surface area contributed by atoms with Gasteiger partial charge in [0, 0.05) is 0 Å². The van der Waals surface area contributed by atoms with Crippen molar-refractivity contribution in [3.8, 4) is 0 Å². The van der Waals surface area contributed by atoms with Gasteiger partial charge in [-0.15, -0.1) is 0 Å². The molecule has 0 N–H and O–H groups in total. The highest BCUT2D eigenvalue weighted by molar-refractivity contribution is 7.62. The zero-order valence-corrected chi connectivity index (χ0v) is 26.5. The minimum Gasteiger partial charge on any atom is -0.287 e. The van der Waals surface area contributed by atoms with E-state index in [0.29, 0.717) is 0 Å². The summed E-state index contributed by atoms with van der Waals surface area (Å²) < 4.78 is 55.2. The van der Waals surface area contributed by atoms with Gasteiger partial charge in [0.05, 0.1) is 26.4 Å².